The molecule has 1 amide bonds. The van der Waals surface area contributed by atoms with Gasteiger partial charge in [0.25, 0.3) is 0 Å². The molecule has 0 fully saturated rings. The highest BCUT2D eigenvalue weighted by atomic mass is 32.1. The molecule has 40 heavy (non-hydrogen) atoms. The second-order valence-corrected chi connectivity index (χ2v) is 9.40. The number of para-hydroxylation sites is 1. The maximum atomic E-state index is 13.2. The van der Waals surface area contributed by atoms with Gasteiger partial charge in [0, 0.05) is 18.7 Å². The zero-order valence-corrected chi connectivity index (χ0v) is 22.6. The lowest BCUT2D eigenvalue weighted by molar-refractivity contribution is -0.671. The highest BCUT2D eigenvalue weighted by molar-refractivity contribution is 7.80. The van der Waals surface area contributed by atoms with Crippen molar-refractivity contribution in [2.45, 2.75) is 25.6 Å². The molecule has 0 aliphatic heterocycles. The van der Waals surface area contributed by atoms with Crippen molar-refractivity contribution in [3.63, 3.8) is 0 Å². The summed E-state index contributed by atoms with van der Waals surface area (Å²) in [6, 6.07) is 27.4. The Hall–Kier alpha value is -4.19. The number of nitrogens with zero attached hydrogens (tertiary/aromatic N) is 2. The number of hydrogen-bond donors (Lipinski definition) is 3. The fourth-order valence-corrected chi connectivity index (χ4v) is 4.05. The van der Waals surface area contributed by atoms with E-state index in [0.717, 1.165) is 23.4 Å². The van der Waals surface area contributed by atoms with E-state index in [4.69, 9.17) is 12.2 Å². The summed E-state index contributed by atoms with van der Waals surface area (Å²) in [5.74, 6) is -0.102. The summed E-state index contributed by atoms with van der Waals surface area (Å²) in [6.07, 6.45) is 6.64. The van der Waals surface area contributed by atoms with Crippen molar-refractivity contribution in [1.82, 2.24) is 15.2 Å². The Morgan fingerprint density at radius 3 is 2.05 bits per heavy atom. The molecule has 1 heterocycles. The number of hydrogen-bond acceptors (Lipinski definition) is 2. The molecule has 0 saturated heterocycles. The van der Waals surface area contributed by atoms with Gasteiger partial charge in [-0.15, -0.1) is 0 Å². The fourth-order valence-electron chi connectivity index (χ4n) is 3.79. The molecule has 4 rings (SSSR count). The zero-order valence-electron chi connectivity index (χ0n) is 21.8. The number of nitrogens with one attached hydrogen (secondary N) is 3. The molecule has 6 nitrogen and oxygen atoms in total. The second-order valence-electron chi connectivity index (χ2n) is 8.99. The number of amides is 1. The van der Waals surface area contributed by atoms with Crippen molar-refractivity contribution < 1.29 is 26.6 Å². The van der Waals surface area contributed by atoms with Crippen LogP contribution in [0.15, 0.2) is 104 Å². The van der Waals surface area contributed by atoms with Crippen molar-refractivity contribution in [3.05, 3.63) is 120 Å². The van der Waals surface area contributed by atoms with Crippen LogP contribution in [0.1, 0.15) is 16.7 Å². The van der Waals surface area contributed by atoms with E-state index in [0.29, 0.717) is 18.1 Å². The highest BCUT2D eigenvalue weighted by Gasteiger charge is 2.21. The molecular weight excluding hydrogens is 541 g/mol. The first-order valence-corrected chi connectivity index (χ1v) is 12.9. The Bertz CT molecular complexity index is 1350. The summed E-state index contributed by atoms with van der Waals surface area (Å²) in [5, 5.41) is 9.82. The quantitative estimate of drug-likeness (QED) is 0.116. The Morgan fingerprint density at radius 1 is 0.900 bits per heavy atom. The normalized spacial score (nSPS) is 11.5. The van der Waals surface area contributed by atoms with E-state index in [9.17, 15) is 22.1 Å². The van der Waals surface area contributed by atoms with Gasteiger partial charge >= 0.3 is 7.25 Å². The van der Waals surface area contributed by atoms with Crippen LogP contribution in [0.5, 0.6) is 0 Å². The summed E-state index contributed by atoms with van der Waals surface area (Å²) in [6.45, 7) is 1.26. The molecule has 3 N–H and O–H groups in total. The Balaban J connectivity index is 0.000000810. The summed E-state index contributed by atoms with van der Waals surface area (Å²) in [7, 11) is -3.99. The Kier molecular flexibility index (Phi) is 11.3. The third-order valence-corrected chi connectivity index (χ3v) is 5.83. The predicted molar refractivity (Wildman–Crippen MR) is 153 cm³/mol. The van der Waals surface area contributed by atoms with Crippen LogP contribution >= 0.6 is 12.2 Å². The van der Waals surface area contributed by atoms with Gasteiger partial charge in [-0.2, -0.15) is 0 Å². The van der Waals surface area contributed by atoms with Crippen LogP contribution in [0.3, 0.4) is 0 Å². The molecule has 210 valence electrons. The Labute approximate surface area is 236 Å². The van der Waals surface area contributed by atoms with Crippen molar-refractivity contribution in [2.24, 2.45) is 7.05 Å². The van der Waals surface area contributed by atoms with Crippen molar-refractivity contribution in [1.29, 1.82) is 0 Å². The van der Waals surface area contributed by atoms with Crippen LogP contribution < -0.4 is 20.5 Å². The number of anilines is 1. The van der Waals surface area contributed by atoms with E-state index in [-0.39, 0.29) is 5.91 Å². The zero-order chi connectivity index (χ0) is 29.0. The van der Waals surface area contributed by atoms with Crippen LogP contribution in [0.2, 0.25) is 0 Å². The number of rotatable bonds is 9. The lowest BCUT2D eigenvalue weighted by Gasteiger charge is -2.21. The standard InChI is InChI=1S/C28H29N5OS.BF4/c1-32-16-17-33(21-32)20-24-14-12-23(13-15-24)19-29-27(34)26(18-22-8-4-2-5-9-22)31-28(35)30-25-10-6-3-7-11-25;2-1(3,4)5/h2-17,21,26H,18-20H2,1H3,(H2-,29,30,31,34,35);/q;-1/p+1/t26-;/m0./s1. The van der Waals surface area contributed by atoms with Gasteiger partial charge in [0.15, 0.2) is 5.11 Å². The van der Waals surface area contributed by atoms with E-state index in [2.05, 4.69) is 44.8 Å². The van der Waals surface area contributed by atoms with Gasteiger partial charge < -0.3 is 33.2 Å². The van der Waals surface area contributed by atoms with Crippen LogP contribution in [0, 0.1) is 0 Å². The summed E-state index contributed by atoms with van der Waals surface area (Å²) in [5.41, 5.74) is 4.18. The lowest BCUT2D eigenvalue weighted by atomic mass is 10.1. The predicted octanol–water partition coefficient (Wildman–Crippen LogP) is 4.88. The third kappa shape index (κ3) is 11.7. The number of aromatic nitrogens is 2. The van der Waals surface area contributed by atoms with E-state index in [1.807, 2.05) is 91.0 Å². The fraction of sp³-hybridized carbons (Fsp3) is 0.179. The van der Waals surface area contributed by atoms with Crippen LogP contribution in [0.25, 0.3) is 0 Å². The molecule has 0 saturated carbocycles. The molecule has 12 heteroatoms. The molecule has 0 aliphatic rings. The molecule has 0 bridgehead atoms. The largest absolute Gasteiger partial charge is 0.673 e. The van der Waals surface area contributed by atoms with Crippen molar-refractivity contribution in [2.75, 3.05) is 5.32 Å². The van der Waals surface area contributed by atoms with E-state index >= 15 is 0 Å². The number of carbonyl (C=O) groups is 1. The van der Waals surface area contributed by atoms with Gasteiger partial charge in [-0.25, -0.2) is 9.13 Å². The topological polar surface area (TPSA) is 62.0 Å². The molecule has 0 radical (unpaired) electrons. The maximum absolute atomic E-state index is 13.2. The monoisotopic (exact) mass is 571 g/mol. The first kappa shape index (κ1) is 30.4. The second kappa shape index (κ2) is 14.8. The highest BCUT2D eigenvalue weighted by Crippen LogP contribution is 2.09. The first-order chi connectivity index (χ1) is 19.0. The van der Waals surface area contributed by atoms with Gasteiger partial charge in [-0.1, -0.05) is 72.8 Å². The minimum absolute atomic E-state index is 0.102. The van der Waals surface area contributed by atoms with Crippen molar-refractivity contribution >= 4 is 36.2 Å². The van der Waals surface area contributed by atoms with Gasteiger partial charge in [-0.05, 0) is 41.0 Å². The minimum Gasteiger partial charge on any atom is -0.418 e. The average molecular weight is 571 g/mol. The van der Waals surface area contributed by atoms with Crippen LogP contribution in [-0.2, 0) is 31.4 Å². The molecule has 3 aromatic carbocycles. The van der Waals surface area contributed by atoms with E-state index in [1.54, 1.807) is 0 Å². The number of imidazole rings is 1. The van der Waals surface area contributed by atoms with Crippen LogP contribution in [-0.4, -0.2) is 28.9 Å². The average Bonchev–Trinajstić information content (AvgIpc) is 3.32. The number of halogens is 4. The van der Waals surface area contributed by atoms with Crippen molar-refractivity contribution in [3.8, 4) is 0 Å². The molecular formula is C28H30BF4N5OS. The summed E-state index contributed by atoms with van der Waals surface area (Å²) < 4.78 is 43.1. The number of aryl methyl sites for hydroxylation is 1. The number of thiocarbonyl (C=S) groups is 1. The number of carbonyl (C=O) groups excluding carboxylic acids is 1. The SMILES string of the molecule is C[n+]1ccn(Cc2ccc(CNC(=O)[C@H](Cc3ccccc3)NC(=S)Nc3ccccc3)cc2)c1.F[B-](F)(F)F. The summed E-state index contributed by atoms with van der Waals surface area (Å²) >= 11 is 5.49. The number of benzene rings is 3. The van der Waals surface area contributed by atoms with Gasteiger partial charge in [0.1, 0.15) is 25.0 Å². The minimum atomic E-state index is -6.00. The lowest BCUT2D eigenvalue weighted by Crippen LogP contribution is -2.49. The van der Waals surface area contributed by atoms with Gasteiger partial charge in [0.2, 0.25) is 12.2 Å². The molecule has 1 atom stereocenters. The van der Waals surface area contributed by atoms with Gasteiger partial charge in [0.05, 0.1) is 7.05 Å². The van der Waals surface area contributed by atoms with Gasteiger partial charge in [-0.3, -0.25) is 4.79 Å². The molecule has 0 aliphatic carbocycles. The molecule has 0 unspecified atom stereocenters. The van der Waals surface area contributed by atoms with E-state index < -0.39 is 13.3 Å². The van der Waals surface area contributed by atoms with E-state index in [1.165, 1.54) is 5.56 Å². The Morgan fingerprint density at radius 2 is 1.48 bits per heavy atom. The maximum Gasteiger partial charge on any atom is 0.673 e. The summed E-state index contributed by atoms with van der Waals surface area (Å²) in [4.78, 5) is 13.2. The third-order valence-electron chi connectivity index (χ3n) is 5.61. The molecule has 0 spiro atoms. The molecule has 4 aromatic rings. The molecule has 1 aromatic heterocycles. The van der Waals surface area contributed by atoms with Crippen LogP contribution in [0.4, 0.5) is 23.0 Å². The first-order valence-electron chi connectivity index (χ1n) is 12.5. The smallest absolute Gasteiger partial charge is 0.418 e.